The monoisotopic (exact) mass is 503 g/mol. The topological polar surface area (TPSA) is 128 Å². The number of hydrogen-bond acceptors (Lipinski definition) is 6. The first-order valence-corrected chi connectivity index (χ1v) is 13.0. The number of aromatic nitrogens is 2. The third kappa shape index (κ3) is 7.36. The summed E-state index contributed by atoms with van der Waals surface area (Å²) < 4.78 is 7.86. The number of allylic oxidation sites excluding steroid dienone is 1. The number of benzene rings is 2. The van der Waals surface area contributed by atoms with Gasteiger partial charge in [0.15, 0.2) is 0 Å². The summed E-state index contributed by atoms with van der Waals surface area (Å²) in [6.45, 7) is 2.18. The van der Waals surface area contributed by atoms with Crippen molar-refractivity contribution in [2.24, 2.45) is 23.4 Å². The molecule has 37 heavy (non-hydrogen) atoms. The van der Waals surface area contributed by atoms with E-state index in [2.05, 4.69) is 29.6 Å². The maximum absolute atomic E-state index is 11.1. The highest BCUT2D eigenvalue weighted by Gasteiger charge is 2.23. The summed E-state index contributed by atoms with van der Waals surface area (Å²) in [7, 11) is 0. The van der Waals surface area contributed by atoms with Crippen LogP contribution in [0.25, 0.3) is 16.8 Å². The van der Waals surface area contributed by atoms with Gasteiger partial charge in [0.1, 0.15) is 5.75 Å². The Balaban J connectivity index is 0.000000342. The third-order valence-electron chi connectivity index (χ3n) is 7.04. The Bertz CT molecular complexity index is 1210. The molecule has 1 atom stereocenters. The molecular weight excluding hydrogens is 466 g/mol. The molecule has 1 unspecified atom stereocenters. The normalized spacial score (nSPS) is 16.9. The number of hydrogen-bond donors (Lipinski definition) is 4. The zero-order chi connectivity index (χ0) is 26.2. The highest BCUT2D eigenvalue weighted by Crippen LogP contribution is 2.33. The minimum absolute atomic E-state index is 0.169. The van der Waals surface area contributed by atoms with Crippen LogP contribution in [-0.4, -0.2) is 27.0 Å². The van der Waals surface area contributed by atoms with Crippen LogP contribution >= 0.6 is 0 Å². The number of rotatable bonds is 8. The molecule has 0 aliphatic heterocycles. The molecule has 8 nitrogen and oxygen atoms in total. The van der Waals surface area contributed by atoms with Gasteiger partial charge in [-0.05, 0) is 79.8 Å². The summed E-state index contributed by atoms with van der Waals surface area (Å²) in [5.41, 5.74) is 11.9. The molecule has 2 saturated carbocycles. The smallest absolute Gasteiger partial charge is 0.338 e. The molecule has 5 rings (SSSR count). The average Bonchev–Trinajstić information content (AvgIpc) is 3.66. The van der Waals surface area contributed by atoms with Gasteiger partial charge in [-0.3, -0.25) is 5.84 Å². The van der Waals surface area contributed by atoms with Crippen molar-refractivity contribution in [2.75, 3.05) is 0 Å². The molecule has 0 saturated heterocycles. The fourth-order valence-electron chi connectivity index (χ4n) is 4.70. The predicted molar refractivity (Wildman–Crippen MR) is 145 cm³/mol. The Morgan fingerprint density at radius 1 is 1.11 bits per heavy atom. The lowest BCUT2D eigenvalue weighted by Crippen LogP contribution is -2.25. The summed E-state index contributed by atoms with van der Waals surface area (Å²) >= 11 is 0. The van der Waals surface area contributed by atoms with Gasteiger partial charge in [-0.15, -0.1) is 0 Å². The molecule has 0 radical (unpaired) electrons. The molecule has 1 aromatic heterocycles. The van der Waals surface area contributed by atoms with E-state index in [1.54, 1.807) is 10.9 Å². The maximum atomic E-state index is 11.1. The van der Waals surface area contributed by atoms with E-state index < -0.39 is 5.97 Å². The molecule has 0 bridgehead atoms. The predicted octanol–water partition coefficient (Wildman–Crippen LogP) is 5.24. The van der Waals surface area contributed by atoms with E-state index in [1.807, 2.05) is 36.4 Å². The summed E-state index contributed by atoms with van der Waals surface area (Å²) in [5, 5.41) is 13.3. The molecule has 6 N–H and O–H groups in total. The van der Waals surface area contributed by atoms with Crippen molar-refractivity contribution >= 4 is 5.97 Å². The number of carbonyl (C=O) groups is 1. The van der Waals surface area contributed by atoms with Crippen molar-refractivity contribution < 1.29 is 14.6 Å². The molecule has 2 aliphatic rings. The van der Waals surface area contributed by atoms with Crippen molar-refractivity contribution in [3.63, 3.8) is 0 Å². The van der Waals surface area contributed by atoms with Crippen molar-refractivity contribution in [3.05, 3.63) is 78.4 Å². The molecule has 0 amide bonds. The van der Waals surface area contributed by atoms with Gasteiger partial charge in [0.05, 0.1) is 23.6 Å². The quantitative estimate of drug-likeness (QED) is 0.244. The second kappa shape index (κ2) is 12.5. The Morgan fingerprint density at radius 3 is 2.46 bits per heavy atom. The lowest BCUT2D eigenvalue weighted by Gasteiger charge is -2.28. The van der Waals surface area contributed by atoms with Gasteiger partial charge in [0, 0.05) is 18.1 Å². The fourth-order valence-corrected chi connectivity index (χ4v) is 4.70. The van der Waals surface area contributed by atoms with Gasteiger partial charge < -0.3 is 21.0 Å². The lowest BCUT2D eigenvalue weighted by molar-refractivity contribution is 0.0697. The molecule has 3 aromatic rings. The van der Waals surface area contributed by atoms with Crippen LogP contribution in [0.4, 0.5) is 0 Å². The number of carboxylic acid groups (broad SMARTS) is 1. The summed E-state index contributed by atoms with van der Waals surface area (Å²) in [6, 6.07) is 16.1. The van der Waals surface area contributed by atoms with Crippen LogP contribution in [0.5, 0.6) is 5.75 Å². The van der Waals surface area contributed by atoms with Gasteiger partial charge >= 0.3 is 5.97 Å². The zero-order valence-electron chi connectivity index (χ0n) is 21.3. The van der Waals surface area contributed by atoms with Gasteiger partial charge in [0.2, 0.25) is 0 Å². The third-order valence-corrected chi connectivity index (χ3v) is 7.04. The van der Waals surface area contributed by atoms with E-state index in [-0.39, 0.29) is 11.7 Å². The molecule has 2 aromatic carbocycles. The molecule has 196 valence electrons. The highest BCUT2D eigenvalue weighted by molar-refractivity contribution is 5.87. The van der Waals surface area contributed by atoms with Crippen molar-refractivity contribution in [2.45, 2.75) is 58.0 Å². The minimum atomic E-state index is -0.982. The van der Waals surface area contributed by atoms with E-state index in [0.717, 1.165) is 28.3 Å². The maximum Gasteiger partial charge on any atom is 0.338 e. The van der Waals surface area contributed by atoms with Crippen LogP contribution < -0.4 is 21.7 Å². The fraction of sp³-hybridized carbons (Fsp3) is 0.379. The van der Waals surface area contributed by atoms with E-state index in [9.17, 15) is 4.79 Å². The van der Waals surface area contributed by atoms with Crippen LogP contribution in [0, 0.1) is 11.8 Å². The average molecular weight is 504 g/mol. The number of ether oxygens (including phenoxy) is 1. The number of hydrazine groups is 1. The van der Waals surface area contributed by atoms with Gasteiger partial charge in [0.25, 0.3) is 0 Å². The molecule has 8 heteroatoms. The van der Waals surface area contributed by atoms with Crippen LogP contribution in [-0.2, 0) is 0 Å². The second-order valence-corrected chi connectivity index (χ2v) is 9.86. The molecule has 2 aliphatic carbocycles. The molecule has 0 spiro atoms. The SMILES string of the molecule is CC(Oc1cccc(-c2cccc(-n3cc(C(=O)O)cn3)c2)c1)C1CCCCC1.NN/C=C(\N)C1CC1. The molecular formula is C29H37N5O3. The lowest BCUT2D eigenvalue weighted by atomic mass is 9.86. The zero-order valence-corrected chi connectivity index (χ0v) is 21.3. The first kappa shape index (κ1) is 26.3. The largest absolute Gasteiger partial charge is 0.490 e. The van der Waals surface area contributed by atoms with Crippen LogP contribution in [0.15, 0.2) is 72.8 Å². The Labute approximate surface area is 218 Å². The van der Waals surface area contributed by atoms with Crippen molar-refractivity contribution in [3.8, 4) is 22.6 Å². The Morgan fingerprint density at radius 2 is 1.81 bits per heavy atom. The highest BCUT2D eigenvalue weighted by atomic mass is 16.5. The van der Waals surface area contributed by atoms with E-state index in [4.69, 9.17) is 21.4 Å². The van der Waals surface area contributed by atoms with Gasteiger partial charge in [-0.1, -0.05) is 43.5 Å². The van der Waals surface area contributed by atoms with Crippen LogP contribution in [0.3, 0.4) is 0 Å². The van der Waals surface area contributed by atoms with E-state index >= 15 is 0 Å². The van der Waals surface area contributed by atoms with Crippen LogP contribution in [0.2, 0.25) is 0 Å². The Kier molecular flexibility index (Phi) is 8.85. The van der Waals surface area contributed by atoms with E-state index in [0.29, 0.717) is 11.8 Å². The summed E-state index contributed by atoms with van der Waals surface area (Å²) in [5.74, 6) is 6.15. The van der Waals surface area contributed by atoms with Crippen LogP contribution in [0.1, 0.15) is 62.2 Å². The molecule has 1 heterocycles. The Hall–Kier alpha value is -3.78. The number of nitrogens with two attached hydrogens (primary N) is 2. The summed E-state index contributed by atoms with van der Waals surface area (Å²) in [4.78, 5) is 11.1. The first-order valence-electron chi connectivity index (χ1n) is 13.0. The van der Waals surface area contributed by atoms with E-state index in [1.165, 1.54) is 57.3 Å². The number of aromatic carboxylic acids is 1. The second-order valence-electron chi connectivity index (χ2n) is 9.86. The molecule has 2 fully saturated rings. The number of carboxylic acids is 1. The van der Waals surface area contributed by atoms with Gasteiger partial charge in [-0.2, -0.15) is 5.10 Å². The van der Waals surface area contributed by atoms with Gasteiger partial charge in [-0.25, -0.2) is 9.48 Å². The number of nitrogens with zero attached hydrogens (tertiary/aromatic N) is 2. The van der Waals surface area contributed by atoms with Crippen molar-refractivity contribution in [1.82, 2.24) is 15.2 Å². The number of nitrogens with one attached hydrogen (secondary N) is 1. The summed E-state index contributed by atoms with van der Waals surface area (Å²) in [6.07, 6.45) is 13.7. The standard InChI is InChI=1S/C24H26N2O3.C5H11N3/c1-17(18-7-3-2-4-8-18)29-23-12-6-10-20(14-23)19-9-5-11-22(13-19)26-16-21(15-25-26)24(27)28;6-5(3-8-7)4-1-2-4/h5-6,9-18H,2-4,7-8H2,1H3,(H,27,28);3-4,8H,1-2,6-7H2/b;5-3-. The first-order chi connectivity index (χ1) is 17.9. The minimum Gasteiger partial charge on any atom is -0.490 e. The van der Waals surface area contributed by atoms with Crippen molar-refractivity contribution in [1.29, 1.82) is 0 Å².